The molecule has 7 N–H and O–H groups in total. The van der Waals surface area contributed by atoms with E-state index in [2.05, 4.69) is 29.0 Å². The van der Waals surface area contributed by atoms with Gasteiger partial charge in [-0.3, -0.25) is 19.3 Å². The van der Waals surface area contributed by atoms with E-state index in [4.69, 9.17) is 0 Å². The third kappa shape index (κ3) is 8.53. The van der Waals surface area contributed by atoms with Gasteiger partial charge in [0.1, 0.15) is 17.3 Å². The van der Waals surface area contributed by atoms with Crippen molar-refractivity contribution in [3.63, 3.8) is 0 Å². The predicted octanol–water partition coefficient (Wildman–Crippen LogP) is 1.94. The van der Waals surface area contributed by atoms with Gasteiger partial charge in [0.25, 0.3) is 0 Å². The fraction of sp³-hybridized carbons (Fsp3) is 0.531. The topological polar surface area (TPSA) is 181 Å². The Morgan fingerprint density at radius 2 is 1.76 bits per heavy atom. The van der Waals surface area contributed by atoms with Crippen LogP contribution in [0.25, 0.3) is 11.1 Å². The molecule has 3 unspecified atom stereocenters. The fourth-order valence-electron chi connectivity index (χ4n) is 6.33. The quantitative estimate of drug-likeness (QED) is 0.313. The van der Waals surface area contributed by atoms with Crippen LogP contribution in [0.15, 0.2) is 36.4 Å². The molecule has 2 aromatic carbocycles. The number of fused-ring (bicyclic) bond motifs is 1. The third-order valence-corrected chi connectivity index (χ3v) is 8.50. The number of hydrogen-bond donors (Lipinski definition) is 3. The zero-order chi connectivity index (χ0) is 28.8. The van der Waals surface area contributed by atoms with E-state index < -0.39 is 12.5 Å². The van der Waals surface area contributed by atoms with Crippen molar-refractivity contribution < 1.29 is 43.5 Å². The second-order valence-electron chi connectivity index (χ2n) is 11.6. The average molecular weight is 591 g/mol. The van der Waals surface area contributed by atoms with Gasteiger partial charge >= 0.3 is 0 Å². The van der Waals surface area contributed by atoms with E-state index in [0.717, 1.165) is 43.9 Å². The first kappa shape index (κ1) is 35.2. The summed E-state index contributed by atoms with van der Waals surface area (Å²) < 4.78 is 0. The number of likely N-dealkylation sites (N-methyl/N-ethyl adjacent to an activating group) is 1. The molecule has 4 rings (SSSR count). The largest absolute Gasteiger partial charge is 0.507 e. The summed E-state index contributed by atoms with van der Waals surface area (Å²) in [5.41, 5.74) is 3.81. The molecule has 0 saturated carbocycles. The molecule has 0 radical (unpaired) electrons. The van der Waals surface area contributed by atoms with Gasteiger partial charge in [0.2, 0.25) is 0 Å². The molecular formula is C32H50N2O8. The molecule has 1 aliphatic heterocycles. The van der Waals surface area contributed by atoms with E-state index in [1.54, 1.807) is 0 Å². The van der Waals surface area contributed by atoms with Crippen LogP contribution in [0, 0.1) is 17.8 Å². The summed E-state index contributed by atoms with van der Waals surface area (Å²) in [6, 6.07) is 11.9. The zero-order valence-electron chi connectivity index (χ0n) is 24.6. The van der Waals surface area contributed by atoms with Crippen LogP contribution in [0.1, 0.15) is 56.9 Å². The third-order valence-electron chi connectivity index (χ3n) is 8.50. The van der Waals surface area contributed by atoms with Crippen molar-refractivity contribution in [3.05, 3.63) is 53.1 Å². The van der Waals surface area contributed by atoms with Crippen molar-refractivity contribution in [1.82, 2.24) is 9.80 Å². The van der Waals surface area contributed by atoms with E-state index in [-0.39, 0.29) is 68.2 Å². The lowest BCUT2D eigenvalue weighted by Crippen LogP contribution is -2.43. The summed E-state index contributed by atoms with van der Waals surface area (Å²) in [7, 11) is 2.14. The summed E-state index contributed by atoms with van der Waals surface area (Å²) >= 11 is 0. The smallest absolute Gasteiger partial charge is 0.167 e. The summed E-state index contributed by atoms with van der Waals surface area (Å²) in [5.74, 6) is -1.89. The number of carbonyl (C=O) groups excluding carboxylic acids is 3. The lowest BCUT2D eigenvalue weighted by Gasteiger charge is -2.32. The van der Waals surface area contributed by atoms with Crippen LogP contribution in [0.2, 0.25) is 0 Å². The summed E-state index contributed by atoms with van der Waals surface area (Å²) in [5, 5.41) is 30.8. The van der Waals surface area contributed by atoms with Crippen LogP contribution in [-0.2, 0) is 22.6 Å². The van der Waals surface area contributed by atoms with Gasteiger partial charge in [-0.25, -0.2) is 0 Å². The van der Waals surface area contributed by atoms with E-state index in [1.807, 2.05) is 24.3 Å². The minimum Gasteiger partial charge on any atom is -0.507 e. The molecule has 10 nitrogen and oxygen atoms in total. The molecule has 3 atom stereocenters. The molecule has 10 heteroatoms. The summed E-state index contributed by atoms with van der Waals surface area (Å²) in [6.45, 7) is 5.76. The molecule has 1 aliphatic carbocycles. The number of carbonyl (C=O) groups is 3. The molecular weight excluding hydrogens is 540 g/mol. The number of phenols is 1. The number of aliphatic hydroxyl groups excluding tert-OH is 2. The van der Waals surface area contributed by atoms with Crippen LogP contribution in [-0.4, -0.2) is 99.9 Å². The Balaban J connectivity index is 0.00000462. The Morgan fingerprint density at radius 3 is 2.40 bits per heavy atom. The highest BCUT2D eigenvalue weighted by atomic mass is 16.3. The molecule has 236 valence electrons. The van der Waals surface area contributed by atoms with E-state index >= 15 is 0 Å². The number of aromatic hydroxyl groups is 1. The van der Waals surface area contributed by atoms with Gasteiger partial charge in [-0.05, 0) is 67.8 Å². The van der Waals surface area contributed by atoms with Crippen molar-refractivity contribution in [2.45, 2.75) is 45.6 Å². The van der Waals surface area contributed by atoms with Crippen molar-refractivity contribution in [2.75, 3.05) is 46.4 Å². The van der Waals surface area contributed by atoms with Gasteiger partial charge in [0, 0.05) is 60.1 Å². The predicted molar refractivity (Wildman–Crippen MR) is 165 cm³/mol. The number of rotatable bonds is 12. The number of benzene rings is 2. The number of aliphatic hydroxyl groups is 2. The van der Waals surface area contributed by atoms with Crippen molar-refractivity contribution >= 4 is 17.3 Å². The Labute approximate surface area is 250 Å². The first-order valence-electron chi connectivity index (χ1n) is 14.3. The van der Waals surface area contributed by atoms with E-state index in [1.165, 1.54) is 12.5 Å². The minimum absolute atomic E-state index is 0. The molecule has 0 amide bonds. The maximum atomic E-state index is 13.3. The average Bonchev–Trinajstić information content (AvgIpc) is 2.90. The zero-order valence-corrected chi connectivity index (χ0v) is 24.6. The summed E-state index contributed by atoms with van der Waals surface area (Å²) in [6.07, 6.45) is 1.30. The number of nitrogens with zero attached hydrogens (tertiary/aromatic N) is 2. The number of hydrogen-bond acceptors (Lipinski definition) is 8. The Kier molecular flexibility index (Phi) is 13.4. The first-order valence-corrected chi connectivity index (χ1v) is 14.3. The van der Waals surface area contributed by atoms with Crippen molar-refractivity contribution in [3.8, 4) is 16.9 Å². The molecule has 42 heavy (non-hydrogen) atoms. The number of phenolic OH excluding ortho intramolecular Hbond substituents is 1. The lowest BCUT2D eigenvalue weighted by atomic mass is 9.73. The fourth-order valence-corrected chi connectivity index (χ4v) is 6.33. The van der Waals surface area contributed by atoms with Crippen molar-refractivity contribution in [1.29, 1.82) is 0 Å². The Bertz CT molecular complexity index is 1240. The second kappa shape index (κ2) is 16.0. The molecule has 0 aromatic heterocycles. The molecule has 1 heterocycles. The highest BCUT2D eigenvalue weighted by Gasteiger charge is 2.34. The molecule has 0 spiro atoms. The number of piperazine rings is 1. The molecule has 1 saturated heterocycles. The first-order chi connectivity index (χ1) is 19.2. The van der Waals surface area contributed by atoms with Crippen LogP contribution in [0.4, 0.5) is 0 Å². The van der Waals surface area contributed by atoms with Crippen molar-refractivity contribution in [2.24, 2.45) is 17.8 Å². The minimum atomic E-state index is -0.749. The summed E-state index contributed by atoms with van der Waals surface area (Å²) in [4.78, 5) is 42.2. The van der Waals surface area contributed by atoms with Gasteiger partial charge in [-0.2, -0.15) is 0 Å². The van der Waals surface area contributed by atoms with Crippen LogP contribution in [0.5, 0.6) is 5.75 Å². The number of ketones is 3. The maximum Gasteiger partial charge on any atom is 0.167 e. The van der Waals surface area contributed by atoms with Crippen LogP contribution < -0.4 is 0 Å². The SMILES string of the molecule is CC(=O)CC(=O)C(CO)C(CCO)CC1CC(=O)c2c(ccc(-c3cccc(CN4CCN(C)CC4)c3)c2O)C1.O.O.[HH].[HH]. The van der Waals surface area contributed by atoms with Gasteiger partial charge in [-0.1, -0.05) is 30.3 Å². The van der Waals surface area contributed by atoms with Gasteiger partial charge in [0.05, 0.1) is 18.6 Å². The highest BCUT2D eigenvalue weighted by molar-refractivity contribution is 6.03. The van der Waals surface area contributed by atoms with Gasteiger partial charge in [0.15, 0.2) is 5.78 Å². The molecule has 0 bridgehead atoms. The van der Waals surface area contributed by atoms with Gasteiger partial charge in [-0.15, -0.1) is 0 Å². The van der Waals surface area contributed by atoms with Gasteiger partial charge < -0.3 is 31.2 Å². The van der Waals surface area contributed by atoms with E-state index in [9.17, 15) is 29.7 Å². The normalized spacial score (nSPS) is 18.8. The lowest BCUT2D eigenvalue weighted by molar-refractivity contribution is -0.131. The Morgan fingerprint density at radius 1 is 1.05 bits per heavy atom. The molecule has 1 fully saturated rings. The molecule has 2 aromatic rings. The standard InChI is InChI=1S/C32H42N2O6.2H2O.2H2/c1-21(37)14-29(38)28(20-36)25(8-13-35)16-23-17-26-6-7-27(32(40)31(26)30(39)18-23)24-5-3-4-22(15-24)19-34-11-9-33(2)10-12-34;;;;/h3-7,15,23,25,28,35-36,40H,8-14,16-20H2,1-2H3;2*1H2;2*1H. The monoisotopic (exact) mass is 590 g/mol. The Hall–Kier alpha value is -2.99. The number of Topliss-reactive ketones (excluding diaryl/α,β-unsaturated/α-hetero) is 3. The highest BCUT2D eigenvalue weighted by Crippen LogP contribution is 2.41. The van der Waals surface area contributed by atoms with Crippen LogP contribution >= 0.6 is 0 Å². The second-order valence-corrected chi connectivity index (χ2v) is 11.6. The molecule has 2 aliphatic rings. The van der Waals surface area contributed by atoms with E-state index in [0.29, 0.717) is 30.4 Å². The maximum absolute atomic E-state index is 13.3. The van der Waals surface area contributed by atoms with Crippen LogP contribution in [0.3, 0.4) is 0 Å².